The molecule has 0 saturated carbocycles. The summed E-state index contributed by atoms with van der Waals surface area (Å²) in [7, 11) is 0. The van der Waals surface area contributed by atoms with Gasteiger partial charge in [-0.05, 0) is 52.6 Å². The van der Waals surface area contributed by atoms with Crippen molar-refractivity contribution in [2.75, 3.05) is 13.2 Å². The SMILES string of the molecule is O=C(N/C(=C\c1ccc(-c2ccccc2)cc1)C(=O)N(CCO)C(S)Cc1ccccc1)c1ccc(C(F)(F)F)cc1. The lowest BCUT2D eigenvalue weighted by atomic mass is 10.0. The number of alkyl halides is 3. The number of aliphatic hydroxyl groups is 1. The molecular weight excluding hydrogens is 561 g/mol. The van der Waals surface area contributed by atoms with Crippen LogP contribution in [-0.4, -0.2) is 40.3 Å². The molecule has 4 aromatic carbocycles. The molecule has 1 unspecified atom stereocenters. The van der Waals surface area contributed by atoms with Crippen molar-refractivity contribution < 1.29 is 27.9 Å². The van der Waals surface area contributed by atoms with E-state index in [0.717, 1.165) is 41.0 Å². The average molecular weight is 591 g/mol. The minimum atomic E-state index is -4.55. The molecule has 0 aliphatic rings. The summed E-state index contributed by atoms with van der Waals surface area (Å²) in [6.45, 7) is -0.399. The fourth-order valence-electron chi connectivity index (χ4n) is 4.31. The number of rotatable bonds is 10. The van der Waals surface area contributed by atoms with Crippen LogP contribution in [0.3, 0.4) is 0 Å². The van der Waals surface area contributed by atoms with E-state index < -0.39 is 28.9 Å². The van der Waals surface area contributed by atoms with Gasteiger partial charge in [-0.1, -0.05) is 84.9 Å². The van der Waals surface area contributed by atoms with Gasteiger partial charge in [-0.3, -0.25) is 9.59 Å². The highest BCUT2D eigenvalue weighted by molar-refractivity contribution is 7.80. The Morgan fingerprint density at radius 2 is 1.40 bits per heavy atom. The van der Waals surface area contributed by atoms with E-state index >= 15 is 0 Å². The van der Waals surface area contributed by atoms with Gasteiger partial charge in [-0.2, -0.15) is 25.8 Å². The van der Waals surface area contributed by atoms with Crippen LogP contribution in [0.25, 0.3) is 17.2 Å². The van der Waals surface area contributed by atoms with E-state index in [2.05, 4.69) is 17.9 Å². The van der Waals surface area contributed by atoms with Crippen LogP contribution in [0.2, 0.25) is 0 Å². The van der Waals surface area contributed by atoms with Crippen molar-refractivity contribution in [2.24, 2.45) is 0 Å². The highest BCUT2D eigenvalue weighted by atomic mass is 32.1. The topological polar surface area (TPSA) is 69.6 Å². The van der Waals surface area contributed by atoms with Gasteiger partial charge in [0, 0.05) is 18.5 Å². The molecular formula is C33H29F3N2O3S. The summed E-state index contributed by atoms with van der Waals surface area (Å²) in [6.07, 6.45) is -2.68. The number of thiol groups is 1. The molecule has 0 aliphatic carbocycles. The van der Waals surface area contributed by atoms with E-state index in [4.69, 9.17) is 0 Å². The second-order valence-corrected chi connectivity index (χ2v) is 10.1. The summed E-state index contributed by atoms with van der Waals surface area (Å²) >= 11 is 4.63. The van der Waals surface area contributed by atoms with Crippen molar-refractivity contribution in [1.82, 2.24) is 10.2 Å². The Labute approximate surface area is 247 Å². The first-order valence-electron chi connectivity index (χ1n) is 13.2. The molecule has 0 saturated heterocycles. The zero-order chi connectivity index (χ0) is 30.1. The van der Waals surface area contributed by atoms with E-state index in [0.29, 0.717) is 12.0 Å². The van der Waals surface area contributed by atoms with E-state index in [9.17, 15) is 27.9 Å². The zero-order valence-corrected chi connectivity index (χ0v) is 23.4. The zero-order valence-electron chi connectivity index (χ0n) is 22.5. The maximum Gasteiger partial charge on any atom is 0.416 e. The Kier molecular flexibility index (Phi) is 10.2. The lowest BCUT2D eigenvalue weighted by Gasteiger charge is -2.29. The predicted octanol–water partition coefficient (Wildman–Crippen LogP) is 6.46. The Balaban J connectivity index is 1.65. The second kappa shape index (κ2) is 14.0. The molecule has 0 bridgehead atoms. The van der Waals surface area contributed by atoms with Gasteiger partial charge in [0.2, 0.25) is 0 Å². The molecule has 4 rings (SSSR count). The fourth-order valence-corrected chi connectivity index (χ4v) is 4.74. The third kappa shape index (κ3) is 8.11. The summed E-state index contributed by atoms with van der Waals surface area (Å²) in [6, 6.07) is 30.2. The number of carbonyl (C=O) groups excluding carboxylic acids is 2. The lowest BCUT2D eigenvalue weighted by Crippen LogP contribution is -2.44. The van der Waals surface area contributed by atoms with Crippen LogP contribution in [0.5, 0.6) is 0 Å². The number of carbonyl (C=O) groups is 2. The van der Waals surface area contributed by atoms with Gasteiger partial charge < -0.3 is 15.3 Å². The first-order valence-corrected chi connectivity index (χ1v) is 13.7. The van der Waals surface area contributed by atoms with Crippen molar-refractivity contribution in [2.45, 2.75) is 18.0 Å². The van der Waals surface area contributed by atoms with Crippen molar-refractivity contribution in [3.05, 3.63) is 137 Å². The van der Waals surface area contributed by atoms with Crippen LogP contribution < -0.4 is 5.32 Å². The van der Waals surface area contributed by atoms with Crippen LogP contribution in [0.1, 0.15) is 27.0 Å². The Hall–Kier alpha value is -4.34. The van der Waals surface area contributed by atoms with Crippen molar-refractivity contribution in [3.63, 3.8) is 0 Å². The van der Waals surface area contributed by atoms with E-state index in [1.807, 2.05) is 72.8 Å². The number of benzene rings is 4. The molecule has 0 aromatic heterocycles. The average Bonchev–Trinajstić information content (AvgIpc) is 3.00. The number of hydrogen-bond donors (Lipinski definition) is 3. The molecule has 42 heavy (non-hydrogen) atoms. The van der Waals surface area contributed by atoms with Gasteiger partial charge in [-0.25, -0.2) is 0 Å². The maximum atomic E-state index is 13.8. The summed E-state index contributed by atoms with van der Waals surface area (Å²) in [5.41, 5.74) is 2.42. The molecule has 2 amide bonds. The standard InChI is InChI=1S/C33H29F3N2O3S/c34-33(35,36)28-17-15-27(16-18-28)31(40)37-29(21-24-11-13-26(14-12-24)25-9-5-2-6-10-25)32(41)38(19-20-39)30(42)22-23-7-3-1-4-8-23/h1-18,21,30,39,42H,19-20,22H2,(H,37,40)/b29-21-. The lowest BCUT2D eigenvalue weighted by molar-refractivity contribution is -0.137. The van der Waals surface area contributed by atoms with Crippen LogP contribution >= 0.6 is 12.6 Å². The molecule has 2 N–H and O–H groups in total. The van der Waals surface area contributed by atoms with Gasteiger partial charge in [0.1, 0.15) is 5.70 Å². The molecule has 0 fully saturated rings. The fraction of sp³-hybridized carbons (Fsp3) is 0.152. The van der Waals surface area contributed by atoms with Gasteiger partial charge in [0.25, 0.3) is 11.8 Å². The van der Waals surface area contributed by atoms with E-state index in [1.165, 1.54) is 11.0 Å². The molecule has 5 nitrogen and oxygen atoms in total. The largest absolute Gasteiger partial charge is 0.416 e. The van der Waals surface area contributed by atoms with Crippen LogP contribution in [0, 0.1) is 0 Å². The monoisotopic (exact) mass is 590 g/mol. The van der Waals surface area contributed by atoms with Crippen molar-refractivity contribution in [1.29, 1.82) is 0 Å². The minimum Gasteiger partial charge on any atom is -0.395 e. The molecule has 0 radical (unpaired) electrons. The number of aliphatic hydroxyl groups excluding tert-OH is 1. The molecule has 216 valence electrons. The molecule has 0 heterocycles. The van der Waals surface area contributed by atoms with Crippen molar-refractivity contribution >= 4 is 30.5 Å². The molecule has 1 atom stereocenters. The molecule has 0 spiro atoms. The number of amides is 2. The van der Waals surface area contributed by atoms with Gasteiger partial charge >= 0.3 is 6.18 Å². The van der Waals surface area contributed by atoms with Gasteiger partial charge in [-0.15, -0.1) is 0 Å². The molecule has 4 aromatic rings. The molecule has 0 aliphatic heterocycles. The number of halogens is 3. The Morgan fingerprint density at radius 1 is 0.833 bits per heavy atom. The Morgan fingerprint density at radius 3 is 1.98 bits per heavy atom. The third-order valence-electron chi connectivity index (χ3n) is 6.50. The highest BCUT2D eigenvalue weighted by Gasteiger charge is 2.30. The quantitative estimate of drug-likeness (QED) is 0.113. The van der Waals surface area contributed by atoms with E-state index in [1.54, 1.807) is 12.1 Å². The molecule has 9 heteroatoms. The van der Waals surface area contributed by atoms with Crippen LogP contribution in [0.4, 0.5) is 13.2 Å². The van der Waals surface area contributed by atoms with Gasteiger partial charge in [0.15, 0.2) is 0 Å². The maximum absolute atomic E-state index is 13.8. The second-order valence-electron chi connectivity index (χ2n) is 9.47. The van der Waals surface area contributed by atoms with Gasteiger partial charge in [0.05, 0.1) is 17.5 Å². The summed E-state index contributed by atoms with van der Waals surface area (Å²) in [5, 5.41) is 11.7. The Bertz CT molecular complexity index is 1510. The van der Waals surface area contributed by atoms with Crippen LogP contribution in [0.15, 0.2) is 115 Å². The number of hydrogen-bond acceptors (Lipinski definition) is 4. The predicted molar refractivity (Wildman–Crippen MR) is 160 cm³/mol. The van der Waals surface area contributed by atoms with Crippen molar-refractivity contribution in [3.8, 4) is 11.1 Å². The summed E-state index contributed by atoms with van der Waals surface area (Å²) in [5.74, 6) is -1.36. The number of nitrogens with zero attached hydrogens (tertiary/aromatic N) is 1. The first-order chi connectivity index (χ1) is 20.2. The van der Waals surface area contributed by atoms with Crippen LogP contribution in [-0.2, 0) is 17.4 Å². The normalized spacial score (nSPS) is 12.5. The summed E-state index contributed by atoms with van der Waals surface area (Å²) < 4.78 is 39.1. The van der Waals surface area contributed by atoms with E-state index in [-0.39, 0.29) is 24.4 Å². The third-order valence-corrected chi connectivity index (χ3v) is 6.97. The number of nitrogens with one attached hydrogen (secondary N) is 1. The summed E-state index contributed by atoms with van der Waals surface area (Å²) in [4.78, 5) is 28.3. The smallest absolute Gasteiger partial charge is 0.395 e. The first kappa shape index (κ1) is 30.6. The minimum absolute atomic E-state index is 0.0541. The highest BCUT2D eigenvalue weighted by Crippen LogP contribution is 2.29.